The molecule has 0 fully saturated rings. The van der Waals surface area contributed by atoms with E-state index in [0.717, 1.165) is 16.7 Å². The number of hydrogen-bond donors (Lipinski definition) is 2. The Bertz CT molecular complexity index is 1180. The van der Waals surface area contributed by atoms with Gasteiger partial charge < -0.3 is 15.5 Å². The van der Waals surface area contributed by atoms with E-state index in [-0.39, 0.29) is 12.5 Å². The summed E-state index contributed by atoms with van der Waals surface area (Å²) >= 11 is 0. The molecule has 8 nitrogen and oxygen atoms in total. The minimum Gasteiger partial charge on any atom is -0.341 e. The van der Waals surface area contributed by atoms with E-state index in [2.05, 4.69) is 43.3 Å². The van der Waals surface area contributed by atoms with E-state index >= 15 is 0 Å². The average Bonchev–Trinajstić information content (AvgIpc) is 2.89. The smallest absolute Gasteiger partial charge is 0.321 e. The topological polar surface area (TPSA) is 94.1 Å². The first-order valence-electron chi connectivity index (χ1n) is 12.8. The first-order chi connectivity index (χ1) is 17.5. The predicted molar refractivity (Wildman–Crippen MR) is 149 cm³/mol. The maximum absolute atomic E-state index is 13.9. The van der Waals surface area contributed by atoms with Crippen molar-refractivity contribution in [3.63, 3.8) is 0 Å². The molecule has 4 amide bonds. The molecule has 2 aromatic rings. The van der Waals surface area contributed by atoms with Gasteiger partial charge >= 0.3 is 6.03 Å². The fraction of sp³-hybridized carbons (Fsp3) is 0.448. The minimum atomic E-state index is -1.17. The zero-order valence-corrected chi connectivity index (χ0v) is 23.0. The average molecular weight is 506 g/mol. The summed E-state index contributed by atoms with van der Waals surface area (Å²) in [6.45, 7) is 15.0. The molecule has 0 saturated carbocycles. The van der Waals surface area contributed by atoms with Crippen molar-refractivity contribution in [3.05, 3.63) is 59.2 Å². The Morgan fingerprint density at radius 1 is 1.00 bits per heavy atom. The summed E-state index contributed by atoms with van der Waals surface area (Å²) in [6, 6.07) is 12.5. The Balaban J connectivity index is 1.92. The highest BCUT2D eigenvalue weighted by Gasteiger charge is 2.34. The molecule has 3 rings (SSSR count). The van der Waals surface area contributed by atoms with Crippen LogP contribution in [0.3, 0.4) is 0 Å². The summed E-state index contributed by atoms with van der Waals surface area (Å²) < 4.78 is 0. The SMILES string of the molecule is CC1=NC(NC(=O)Nc2cccc(C)c2)C(=O)N(CC(=O)N(CC(C)C)CC(C)C)c2c(C)cccc21. The molecule has 1 heterocycles. The molecule has 1 unspecified atom stereocenters. The van der Waals surface area contributed by atoms with E-state index in [1.54, 1.807) is 6.07 Å². The van der Waals surface area contributed by atoms with Gasteiger partial charge in [0.15, 0.2) is 0 Å². The van der Waals surface area contributed by atoms with E-state index in [1.165, 1.54) is 4.90 Å². The third-order valence-electron chi connectivity index (χ3n) is 6.08. The first-order valence-corrected chi connectivity index (χ1v) is 12.8. The van der Waals surface area contributed by atoms with Crippen LogP contribution in [0.5, 0.6) is 0 Å². The van der Waals surface area contributed by atoms with Gasteiger partial charge in [-0.1, -0.05) is 58.0 Å². The fourth-order valence-electron chi connectivity index (χ4n) is 4.55. The zero-order chi connectivity index (χ0) is 27.3. The molecule has 0 aliphatic carbocycles. The second-order valence-corrected chi connectivity index (χ2v) is 10.6. The number of benzodiazepines with no additional fused rings is 1. The van der Waals surface area contributed by atoms with Crippen LogP contribution in [0.1, 0.15) is 51.3 Å². The van der Waals surface area contributed by atoms with Gasteiger partial charge in [0, 0.05) is 30.1 Å². The number of hydrogen-bond acceptors (Lipinski definition) is 4. The van der Waals surface area contributed by atoms with Gasteiger partial charge in [-0.3, -0.25) is 19.5 Å². The lowest BCUT2D eigenvalue weighted by atomic mass is 10.0. The molecule has 37 heavy (non-hydrogen) atoms. The van der Waals surface area contributed by atoms with Gasteiger partial charge in [-0.15, -0.1) is 0 Å². The second-order valence-electron chi connectivity index (χ2n) is 10.6. The van der Waals surface area contributed by atoms with Crippen LogP contribution < -0.4 is 15.5 Å². The van der Waals surface area contributed by atoms with Crippen molar-refractivity contribution in [3.8, 4) is 0 Å². The lowest BCUT2D eigenvalue weighted by molar-refractivity contribution is -0.132. The third kappa shape index (κ3) is 7.18. The summed E-state index contributed by atoms with van der Waals surface area (Å²) in [6.07, 6.45) is -1.17. The minimum absolute atomic E-state index is 0.128. The van der Waals surface area contributed by atoms with E-state index in [9.17, 15) is 14.4 Å². The number of carbonyl (C=O) groups is 3. The molecule has 8 heteroatoms. The van der Waals surface area contributed by atoms with Crippen molar-refractivity contribution < 1.29 is 14.4 Å². The summed E-state index contributed by atoms with van der Waals surface area (Å²) in [5.74, 6) is 0.00499. The number of amides is 4. The standard InChI is InChI=1S/C29H39N5O3/c1-18(2)15-33(16-19(3)4)25(35)17-34-26-21(6)11-9-13-24(26)22(7)30-27(28(34)36)32-29(37)31-23-12-8-10-20(5)14-23/h8-14,18-19,27H,15-17H2,1-7H3,(H2,31,32,37). The van der Waals surface area contributed by atoms with Crippen molar-refractivity contribution in [1.29, 1.82) is 0 Å². The molecular weight excluding hydrogens is 466 g/mol. The van der Waals surface area contributed by atoms with Crippen LogP contribution in [0.2, 0.25) is 0 Å². The van der Waals surface area contributed by atoms with E-state index in [0.29, 0.717) is 42.0 Å². The summed E-state index contributed by atoms with van der Waals surface area (Å²) in [4.78, 5) is 48.1. The Morgan fingerprint density at radius 3 is 2.27 bits per heavy atom. The van der Waals surface area contributed by atoms with Crippen LogP contribution in [-0.2, 0) is 9.59 Å². The number of nitrogens with zero attached hydrogens (tertiary/aromatic N) is 3. The molecule has 0 aromatic heterocycles. The van der Waals surface area contributed by atoms with Gasteiger partial charge in [-0.05, 0) is 55.9 Å². The fourth-order valence-corrected chi connectivity index (χ4v) is 4.55. The van der Waals surface area contributed by atoms with Gasteiger partial charge in [0.25, 0.3) is 5.91 Å². The van der Waals surface area contributed by atoms with Crippen molar-refractivity contribution in [2.24, 2.45) is 16.8 Å². The van der Waals surface area contributed by atoms with E-state index in [1.807, 2.05) is 62.1 Å². The lowest BCUT2D eigenvalue weighted by Crippen LogP contribution is -2.52. The van der Waals surface area contributed by atoms with Gasteiger partial charge in [-0.25, -0.2) is 4.79 Å². The van der Waals surface area contributed by atoms with Crippen LogP contribution in [0.15, 0.2) is 47.5 Å². The number of anilines is 2. The maximum atomic E-state index is 13.9. The number of fused-ring (bicyclic) bond motifs is 1. The van der Waals surface area contributed by atoms with Crippen molar-refractivity contribution >= 4 is 34.9 Å². The number of aryl methyl sites for hydroxylation is 2. The maximum Gasteiger partial charge on any atom is 0.321 e. The molecule has 198 valence electrons. The van der Waals surface area contributed by atoms with E-state index in [4.69, 9.17) is 0 Å². The number of aliphatic imine (C=N–C) groups is 1. The largest absolute Gasteiger partial charge is 0.341 e. The Morgan fingerprint density at radius 2 is 1.65 bits per heavy atom. The number of carbonyl (C=O) groups excluding carboxylic acids is 3. The monoisotopic (exact) mass is 505 g/mol. The number of urea groups is 1. The zero-order valence-electron chi connectivity index (χ0n) is 23.0. The summed E-state index contributed by atoms with van der Waals surface area (Å²) in [5, 5.41) is 5.47. The van der Waals surface area contributed by atoms with Crippen molar-refractivity contribution in [2.75, 3.05) is 29.9 Å². The summed E-state index contributed by atoms with van der Waals surface area (Å²) in [7, 11) is 0. The molecule has 1 aliphatic heterocycles. The molecule has 1 aliphatic rings. The lowest BCUT2D eigenvalue weighted by Gasteiger charge is -2.31. The Kier molecular flexibility index (Phi) is 9.08. The van der Waals surface area contributed by atoms with Crippen LogP contribution in [0, 0.1) is 25.7 Å². The molecule has 0 radical (unpaired) electrons. The van der Waals surface area contributed by atoms with Crippen LogP contribution in [0.4, 0.5) is 16.2 Å². The number of para-hydroxylation sites is 1. The van der Waals surface area contributed by atoms with Gasteiger partial charge in [0.2, 0.25) is 12.1 Å². The second kappa shape index (κ2) is 12.0. The van der Waals surface area contributed by atoms with E-state index < -0.39 is 18.1 Å². The molecule has 1 atom stereocenters. The molecule has 0 spiro atoms. The molecule has 0 bridgehead atoms. The Labute approximate surface area is 220 Å². The Hall–Kier alpha value is -3.68. The predicted octanol–water partition coefficient (Wildman–Crippen LogP) is 4.75. The molecular formula is C29H39N5O3. The number of nitrogens with one attached hydrogen (secondary N) is 2. The first kappa shape index (κ1) is 27.9. The number of benzene rings is 2. The third-order valence-corrected chi connectivity index (χ3v) is 6.08. The molecule has 2 N–H and O–H groups in total. The highest BCUT2D eigenvalue weighted by Crippen LogP contribution is 2.29. The quantitative estimate of drug-likeness (QED) is 0.542. The van der Waals surface area contributed by atoms with Crippen molar-refractivity contribution in [2.45, 2.75) is 54.6 Å². The van der Waals surface area contributed by atoms with Crippen molar-refractivity contribution in [1.82, 2.24) is 10.2 Å². The van der Waals surface area contributed by atoms with Gasteiger partial charge in [-0.2, -0.15) is 0 Å². The highest BCUT2D eigenvalue weighted by atomic mass is 16.2. The highest BCUT2D eigenvalue weighted by molar-refractivity contribution is 6.14. The molecule has 2 aromatic carbocycles. The normalized spacial score (nSPS) is 15.3. The van der Waals surface area contributed by atoms with Crippen LogP contribution in [-0.4, -0.2) is 54.3 Å². The van der Waals surface area contributed by atoms with Crippen LogP contribution >= 0.6 is 0 Å². The summed E-state index contributed by atoms with van der Waals surface area (Å²) in [5.41, 5.74) is 4.51. The van der Waals surface area contributed by atoms with Crippen LogP contribution in [0.25, 0.3) is 0 Å². The molecule has 0 saturated heterocycles. The number of rotatable bonds is 8. The van der Waals surface area contributed by atoms with Gasteiger partial charge in [0.05, 0.1) is 5.69 Å². The van der Waals surface area contributed by atoms with Gasteiger partial charge in [0.1, 0.15) is 6.54 Å².